The Hall–Kier alpha value is -1.35. The van der Waals surface area contributed by atoms with Crippen molar-refractivity contribution in [1.29, 1.82) is 0 Å². The van der Waals surface area contributed by atoms with Crippen LogP contribution in [0.1, 0.15) is 19.3 Å². The molecule has 1 amide bonds. The Bertz CT molecular complexity index is 608. The van der Waals surface area contributed by atoms with Gasteiger partial charge in [0, 0.05) is 16.3 Å². The molecule has 2 aliphatic rings. The second-order valence-corrected chi connectivity index (χ2v) is 6.53. The molecule has 1 heterocycles. The van der Waals surface area contributed by atoms with E-state index in [0.717, 1.165) is 30.4 Å². The van der Waals surface area contributed by atoms with E-state index in [1.807, 2.05) is 6.07 Å². The Labute approximate surface area is 110 Å². The van der Waals surface area contributed by atoms with Crippen LogP contribution in [0.4, 0.5) is 5.69 Å². The van der Waals surface area contributed by atoms with E-state index in [0.29, 0.717) is 0 Å². The van der Waals surface area contributed by atoms with Crippen LogP contribution >= 0.6 is 11.3 Å². The molecule has 2 nitrogen and oxygen atoms in total. The molecule has 2 unspecified atom stereocenters. The third-order valence-corrected chi connectivity index (χ3v) is 5.23. The highest BCUT2D eigenvalue weighted by atomic mass is 32.1. The molecule has 18 heavy (non-hydrogen) atoms. The maximum atomic E-state index is 12.1. The summed E-state index contributed by atoms with van der Waals surface area (Å²) in [5.74, 6) is 2.20. The zero-order valence-electron chi connectivity index (χ0n) is 10.1. The molecular weight excluding hydrogens is 242 g/mol. The van der Waals surface area contributed by atoms with Crippen molar-refractivity contribution in [3.63, 3.8) is 0 Å². The van der Waals surface area contributed by atoms with Crippen molar-refractivity contribution in [3.8, 4) is 0 Å². The Morgan fingerprint density at radius 2 is 2.00 bits per heavy atom. The van der Waals surface area contributed by atoms with Crippen LogP contribution in [0.2, 0.25) is 0 Å². The van der Waals surface area contributed by atoms with Crippen molar-refractivity contribution in [2.24, 2.45) is 17.8 Å². The summed E-state index contributed by atoms with van der Waals surface area (Å²) in [6, 6.07) is 8.26. The van der Waals surface area contributed by atoms with Crippen molar-refractivity contribution >= 4 is 33.0 Å². The van der Waals surface area contributed by atoms with Crippen molar-refractivity contribution in [2.45, 2.75) is 19.3 Å². The molecule has 1 N–H and O–H groups in total. The minimum atomic E-state index is 0.219. The lowest BCUT2D eigenvalue weighted by Gasteiger charge is -2.12. The third-order valence-electron chi connectivity index (χ3n) is 4.33. The summed E-state index contributed by atoms with van der Waals surface area (Å²) in [4.78, 5) is 12.1. The second-order valence-electron chi connectivity index (χ2n) is 5.59. The monoisotopic (exact) mass is 257 g/mol. The maximum absolute atomic E-state index is 12.1. The second kappa shape index (κ2) is 3.82. The molecule has 2 aromatic rings. The van der Waals surface area contributed by atoms with Crippen molar-refractivity contribution in [1.82, 2.24) is 0 Å². The lowest BCUT2D eigenvalue weighted by molar-refractivity contribution is -0.120. The van der Waals surface area contributed by atoms with Crippen LogP contribution in [0.15, 0.2) is 29.6 Å². The summed E-state index contributed by atoms with van der Waals surface area (Å²) < 4.78 is 1.27. The van der Waals surface area contributed by atoms with Gasteiger partial charge in [-0.2, -0.15) is 0 Å². The fraction of sp³-hybridized carbons (Fsp3) is 0.400. The smallest absolute Gasteiger partial charge is 0.227 e. The fourth-order valence-corrected chi connectivity index (χ4v) is 3.99. The van der Waals surface area contributed by atoms with E-state index < -0.39 is 0 Å². The lowest BCUT2D eigenvalue weighted by atomic mass is 10.0. The molecule has 2 saturated carbocycles. The van der Waals surface area contributed by atoms with Gasteiger partial charge in [0.1, 0.15) is 0 Å². The number of hydrogen-bond donors (Lipinski definition) is 1. The first kappa shape index (κ1) is 10.6. The molecule has 2 aliphatic carbocycles. The first-order chi connectivity index (χ1) is 8.79. The van der Waals surface area contributed by atoms with E-state index in [4.69, 9.17) is 0 Å². The van der Waals surface area contributed by atoms with Gasteiger partial charge >= 0.3 is 0 Å². The topological polar surface area (TPSA) is 29.1 Å². The van der Waals surface area contributed by atoms with Crippen molar-refractivity contribution in [3.05, 3.63) is 29.6 Å². The summed E-state index contributed by atoms with van der Waals surface area (Å²) in [6.07, 6.45) is 3.58. The molecule has 0 saturated heterocycles. The third kappa shape index (κ3) is 1.74. The minimum Gasteiger partial charge on any atom is -0.326 e. The number of fused-ring (bicyclic) bond motifs is 2. The number of carbonyl (C=O) groups is 1. The van der Waals surface area contributed by atoms with E-state index in [2.05, 4.69) is 28.9 Å². The van der Waals surface area contributed by atoms with Crippen LogP contribution in [-0.2, 0) is 4.79 Å². The zero-order valence-corrected chi connectivity index (χ0v) is 10.9. The molecule has 1 aromatic carbocycles. The highest BCUT2D eigenvalue weighted by Gasteiger charge is 2.47. The average molecular weight is 257 g/mol. The molecule has 4 rings (SSSR count). The van der Waals surface area contributed by atoms with Crippen LogP contribution in [0.3, 0.4) is 0 Å². The molecule has 92 valence electrons. The Morgan fingerprint density at radius 1 is 1.17 bits per heavy atom. The zero-order chi connectivity index (χ0) is 12.1. The fourth-order valence-electron chi connectivity index (χ4n) is 3.22. The van der Waals surface area contributed by atoms with Gasteiger partial charge in [-0.1, -0.05) is 0 Å². The van der Waals surface area contributed by atoms with Gasteiger partial charge in [0.15, 0.2) is 0 Å². The Morgan fingerprint density at radius 3 is 2.83 bits per heavy atom. The first-order valence-corrected chi connectivity index (χ1v) is 7.46. The number of amides is 1. The van der Waals surface area contributed by atoms with E-state index >= 15 is 0 Å². The number of thiophene rings is 1. The number of nitrogens with one attached hydrogen (secondary N) is 1. The maximum Gasteiger partial charge on any atom is 0.227 e. The highest BCUT2D eigenvalue weighted by molar-refractivity contribution is 7.17. The van der Waals surface area contributed by atoms with Crippen LogP contribution in [0.5, 0.6) is 0 Å². The van der Waals surface area contributed by atoms with Gasteiger partial charge in [0.25, 0.3) is 0 Å². The lowest BCUT2D eigenvalue weighted by Crippen LogP contribution is -2.21. The van der Waals surface area contributed by atoms with E-state index in [-0.39, 0.29) is 11.8 Å². The van der Waals surface area contributed by atoms with Crippen LogP contribution in [0, 0.1) is 17.8 Å². The predicted octanol–water partition coefficient (Wildman–Crippen LogP) is 3.89. The molecule has 2 fully saturated rings. The number of hydrogen-bond acceptors (Lipinski definition) is 2. The largest absolute Gasteiger partial charge is 0.326 e. The standard InChI is InChI=1S/C15H15NOS/c17-15(12-6-10-5-11(10)7-12)16-13-1-2-14-9(8-13)3-4-18-14/h1-4,8,10-12H,5-7H2,(H,16,17). The predicted molar refractivity (Wildman–Crippen MR) is 74.8 cm³/mol. The molecule has 0 radical (unpaired) electrons. The van der Waals surface area contributed by atoms with Crippen molar-refractivity contribution in [2.75, 3.05) is 5.32 Å². The van der Waals surface area contributed by atoms with Gasteiger partial charge in [-0.25, -0.2) is 0 Å². The number of anilines is 1. The summed E-state index contributed by atoms with van der Waals surface area (Å²) in [6.45, 7) is 0. The molecule has 0 aliphatic heterocycles. The molecule has 2 atom stereocenters. The summed E-state index contributed by atoms with van der Waals surface area (Å²) in [5.41, 5.74) is 0.937. The van der Waals surface area contributed by atoms with Crippen LogP contribution in [0.25, 0.3) is 10.1 Å². The van der Waals surface area contributed by atoms with Crippen LogP contribution < -0.4 is 5.32 Å². The Balaban J connectivity index is 1.51. The van der Waals surface area contributed by atoms with Gasteiger partial charge in [-0.3, -0.25) is 4.79 Å². The molecular formula is C15H15NOS. The Kier molecular flexibility index (Phi) is 2.24. The average Bonchev–Trinajstić information content (AvgIpc) is 2.79. The van der Waals surface area contributed by atoms with Gasteiger partial charge in [0.2, 0.25) is 5.91 Å². The highest BCUT2D eigenvalue weighted by Crippen LogP contribution is 2.54. The van der Waals surface area contributed by atoms with Crippen molar-refractivity contribution < 1.29 is 4.79 Å². The molecule has 1 aromatic heterocycles. The van der Waals surface area contributed by atoms with E-state index in [9.17, 15) is 4.79 Å². The number of rotatable bonds is 2. The minimum absolute atomic E-state index is 0.219. The summed E-state index contributed by atoms with van der Waals surface area (Å²) in [5, 5.41) is 6.37. The first-order valence-electron chi connectivity index (χ1n) is 6.58. The number of benzene rings is 1. The van der Waals surface area contributed by atoms with Gasteiger partial charge < -0.3 is 5.32 Å². The van der Waals surface area contributed by atoms with E-state index in [1.54, 1.807) is 11.3 Å². The quantitative estimate of drug-likeness (QED) is 0.869. The SMILES string of the molecule is O=C(Nc1ccc2sccc2c1)C1CC2CC2C1. The van der Waals surface area contributed by atoms with Gasteiger partial charge in [-0.05, 0) is 66.1 Å². The number of carbonyl (C=O) groups excluding carboxylic acids is 1. The van der Waals surface area contributed by atoms with Gasteiger partial charge in [0.05, 0.1) is 0 Å². The van der Waals surface area contributed by atoms with E-state index in [1.165, 1.54) is 16.5 Å². The summed E-state index contributed by atoms with van der Waals surface area (Å²) >= 11 is 1.73. The molecule has 0 spiro atoms. The van der Waals surface area contributed by atoms with Gasteiger partial charge in [-0.15, -0.1) is 11.3 Å². The molecule has 0 bridgehead atoms. The molecule has 3 heteroatoms. The summed E-state index contributed by atoms with van der Waals surface area (Å²) in [7, 11) is 0. The normalized spacial score (nSPS) is 29.2. The van der Waals surface area contributed by atoms with Crippen LogP contribution in [-0.4, -0.2) is 5.91 Å².